The van der Waals surface area contributed by atoms with E-state index >= 15 is 0 Å². The Morgan fingerprint density at radius 2 is 2.21 bits per heavy atom. The highest BCUT2D eigenvalue weighted by molar-refractivity contribution is 5.91. The molecule has 1 N–H and O–H groups in total. The molecule has 2 heterocycles. The highest BCUT2D eigenvalue weighted by Gasteiger charge is 2.18. The summed E-state index contributed by atoms with van der Waals surface area (Å²) in [5.74, 6) is 1.66. The standard InChI is InChI=1S/C18H24N4O2/c1-3-8-22-17(11-14(2)20-22)19-18(23)13-21-9-10-24-16-7-5-4-6-15(16)12-21/h4-7,11H,3,8-10,12-13H2,1-2H3,(H,19,23). The Hall–Kier alpha value is -2.34. The zero-order valence-electron chi connectivity index (χ0n) is 14.3. The Bertz CT molecular complexity index is 711. The van der Waals surface area contributed by atoms with Gasteiger partial charge in [-0.15, -0.1) is 0 Å². The molecule has 1 aliphatic rings. The third-order valence-electron chi connectivity index (χ3n) is 4.00. The van der Waals surface area contributed by atoms with Crippen LogP contribution < -0.4 is 10.1 Å². The van der Waals surface area contributed by atoms with E-state index in [4.69, 9.17) is 4.74 Å². The lowest BCUT2D eigenvalue weighted by atomic mass is 10.2. The van der Waals surface area contributed by atoms with E-state index in [-0.39, 0.29) is 5.91 Å². The molecule has 2 aromatic rings. The van der Waals surface area contributed by atoms with E-state index in [9.17, 15) is 4.79 Å². The molecule has 0 unspecified atom stereocenters. The lowest BCUT2D eigenvalue weighted by molar-refractivity contribution is -0.117. The van der Waals surface area contributed by atoms with Crippen molar-refractivity contribution in [1.82, 2.24) is 14.7 Å². The maximum atomic E-state index is 12.4. The monoisotopic (exact) mass is 328 g/mol. The molecule has 128 valence electrons. The maximum absolute atomic E-state index is 12.4. The fraction of sp³-hybridized carbons (Fsp3) is 0.444. The van der Waals surface area contributed by atoms with Crippen LogP contribution in [-0.2, 0) is 17.9 Å². The molecule has 0 atom stereocenters. The zero-order valence-corrected chi connectivity index (χ0v) is 14.3. The van der Waals surface area contributed by atoms with Crippen LogP contribution >= 0.6 is 0 Å². The van der Waals surface area contributed by atoms with Gasteiger partial charge in [-0.25, -0.2) is 4.68 Å². The molecule has 0 fully saturated rings. The number of amides is 1. The average Bonchev–Trinajstić information content (AvgIpc) is 2.77. The first-order chi connectivity index (χ1) is 11.7. The third kappa shape index (κ3) is 3.94. The number of carbonyl (C=O) groups excluding carboxylic acids is 1. The van der Waals surface area contributed by atoms with Crippen LogP contribution in [0.3, 0.4) is 0 Å². The fourth-order valence-electron chi connectivity index (χ4n) is 2.93. The van der Waals surface area contributed by atoms with E-state index in [1.165, 1.54) is 0 Å². The smallest absolute Gasteiger partial charge is 0.239 e. The first-order valence-electron chi connectivity index (χ1n) is 8.43. The van der Waals surface area contributed by atoms with Crippen LogP contribution in [0.25, 0.3) is 0 Å². The molecule has 1 aromatic heterocycles. The molecular formula is C18H24N4O2. The summed E-state index contributed by atoms with van der Waals surface area (Å²) in [5, 5.41) is 7.40. The maximum Gasteiger partial charge on any atom is 0.239 e. The van der Waals surface area contributed by atoms with Crippen LogP contribution in [0.4, 0.5) is 5.82 Å². The van der Waals surface area contributed by atoms with Gasteiger partial charge >= 0.3 is 0 Å². The van der Waals surface area contributed by atoms with Crippen molar-refractivity contribution < 1.29 is 9.53 Å². The van der Waals surface area contributed by atoms with Crippen molar-refractivity contribution in [3.05, 3.63) is 41.6 Å². The SMILES string of the molecule is CCCn1nc(C)cc1NC(=O)CN1CCOc2ccccc2C1. The molecule has 1 aliphatic heterocycles. The van der Waals surface area contributed by atoms with Crippen LogP contribution in [0.2, 0.25) is 0 Å². The lowest BCUT2D eigenvalue weighted by Gasteiger charge is -2.18. The average molecular weight is 328 g/mol. The number of aromatic nitrogens is 2. The number of fused-ring (bicyclic) bond motifs is 1. The summed E-state index contributed by atoms with van der Waals surface area (Å²) in [6.07, 6.45) is 0.976. The van der Waals surface area contributed by atoms with Crippen molar-refractivity contribution in [2.24, 2.45) is 0 Å². The first kappa shape index (κ1) is 16.5. The highest BCUT2D eigenvalue weighted by atomic mass is 16.5. The largest absolute Gasteiger partial charge is 0.492 e. The predicted molar refractivity (Wildman–Crippen MR) is 93.1 cm³/mol. The number of hydrogen-bond donors (Lipinski definition) is 1. The van der Waals surface area contributed by atoms with E-state index in [1.54, 1.807) is 0 Å². The first-order valence-corrected chi connectivity index (χ1v) is 8.43. The second-order valence-electron chi connectivity index (χ2n) is 6.11. The topological polar surface area (TPSA) is 59.4 Å². The van der Waals surface area contributed by atoms with E-state index in [1.807, 2.05) is 41.9 Å². The van der Waals surface area contributed by atoms with E-state index < -0.39 is 0 Å². The molecule has 0 bridgehead atoms. The zero-order chi connectivity index (χ0) is 16.9. The van der Waals surface area contributed by atoms with Crippen molar-refractivity contribution in [1.29, 1.82) is 0 Å². The van der Waals surface area contributed by atoms with Gasteiger partial charge in [0.05, 0.1) is 12.2 Å². The summed E-state index contributed by atoms with van der Waals surface area (Å²) in [5.41, 5.74) is 2.03. The van der Waals surface area contributed by atoms with E-state index in [2.05, 4.69) is 22.2 Å². The molecule has 0 saturated carbocycles. The lowest BCUT2D eigenvalue weighted by Crippen LogP contribution is -2.34. The van der Waals surface area contributed by atoms with Crippen molar-refractivity contribution in [3.8, 4) is 5.75 Å². The van der Waals surface area contributed by atoms with Gasteiger partial charge in [0.2, 0.25) is 5.91 Å². The minimum Gasteiger partial charge on any atom is -0.492 e. The van der Waals surface area contributed by atoms with E-state index in [0.29, 0.717) is 13.2 Å². The Kier molecular flexibility index (Phi) is 5.15. The van der Waals surface area contributed by atoms with Gasteiger partial charge in [0.25, 0.3) is 0 Å². The molecular weight excluding hydrogens is 304 g/mol. The molecule has 1 amide bonds. The molecule has 0 saturated heterocycles. The number of benzene rings is 1. The molecule has 1 aromatic carbocycles. The second-order valence-corrected chi connectivity index (χ2v) is 6.11. The highest BCUT2D eigenvalue weighted by Crippen LogP contribution is 2.22. The molecule has 3 rings (SSSR count). The number of anilines is 1. The van der Waals surface area contributed by atoms with Crippen molar-refractivity contribution in [2.45, 2.75) is 33.4 Å². The summed E-state index contributed by atoms with van der Waals surface area (Å²) < 4.78 is 7.60. The minimum atomic E-state index is -0.0216. The number of ether oxygens (including phenoxy) is 1. The summed E-state index contributed by atoms with van der Waals surface area (Å²) in [6, 6.07) is 9.90. The van der Waals surface area contributed by atoms with Gasteiger partial charge < -0.3 is 10.1 Å². The normalized spacial score (nSPS) is 14.6. The van der Waals surface area contributed by atoms with Crippen molar-refractivity contribution in [3.63, 3.8) is 0 Å². The molecule has 6 heteroatoms. The quantitative estimate of drug-likeness (QED) is 0.916. The molecule has 24 heavy (non-hydrogen) atoms. The number of nitrogens with zero attached hydrogens (tertiary/aromatic N) is 3. The third-order valence-corrected chi connectivity index (χ3v) is 4.00. The Labute approximate surface area is 142 Å². The summed E-state index contributed by atoms with van der Waals surface area (Å²) >= 11 is 0. The summed E-state index contributed by atoms with van der Waals surface area (Å²) in [4.78, 5) is 14.5. The molecule has 0 radical (unpaired) electrons. The van der Waals surface area contributed by atoms with Gasteiger partial charge in [-0.3, -0.25) is 9.69 Å². The number of rotatable bonds is 5. The van der Waals surface area contributed by atoms with Crippen molar-refractivity contribution in [2.75, 3.05) is 25.0 Å². The fourth-order valence-corrected chi connectivity index (χ4v) is 2.93. The van der Waals surface area contributed by atoms with Crippen LogP contribution in [-0.4, -0.2) is 40.3 Å². The van der Waals surface area contributed by atoms with Crippen molar-refractivity contribution >= 4 is 11.7 Å². The Morgan fingerprint density at radius 3 is 3.04 bits per heavy atom. The van der Waals surface area contributed by atoms with Crippen LogP contribution in [0.1, 0.15) is 24.6 Å². The summed E-state index contributed by atoms with van der Waals surface area (Å²) in [6.45, 7) is 7.22. The van der Waals surface area contributed by atoms with Gasteiger partial charge in [0, 0.05) is 31.3 Å². The number of hydrogen-bond acceptors (Lipinski definition) is 4. The number of nitrogens with one attached hydrogen (secondary N) is 1. The minimum absolute atomic E-state index is 0.0216. The number of carbonyl (C=O) groups is 1. The van der Waals surface area contributed by atoms with Gasteiger partial charge in [-0.1, -0.05) is 25.1 Å². The molecule has 6 nitrogen and oxygen atoms in total. The number of para-hydroxylation sites is 1. The van der Waals surface area contributed by atoms with Gasteiger partial charge in [0.1, 0.15) is 18.2 Å². The summed E-state index contributed by atoms with van der Waals surface area (Å²) in [7, 11) is 0. The van der Waals surface area contributed by atoms with Crippen LogP contribution in [0.15, 0.2) is 30.3 Å². The molecule has 0 aliphatic carbocycles. The Balaban J connectivity index is 1.63. The molecule has 0 spiro atoms. The van der Waals surface area contributed by atoms with Gasteiger partial charge in [-0.05, 0) is 19.4 Å². The Morgan fingerprint density at radius 1 is 1.38 bits per heavy atom. The predicted octanol–water partition coefficient (Wildman–Crippen LogP) is 2.43. The van der Waals surface area contributed by atoms with Gasteiger partial charge in [0.15, 0.2) is 0 Å². The number of aryl methyl sites for hydroxylation is 2. The van der Waals surface area contributed by atoms with Crippen LogP contribution in [0.5, 0.6) is 5.75 Å². The van der Waals surface area contributed by atoms with Crippen LogP contribution in [0, 0.1) is 6.92 Å². The van der Waals surface area contributed by atoms with E-state index in [0.717, 1.165) is 48.9 Å². The van der Waals surface area contributed by atoms with Gasteiger partial charge in [-0.2, -0.15) is 5.10 Å². The second kappa shape index (κ2) is 7.49.